The molecule has 0 amide bonds. The van der Waals surface area contributed by atoms with E-state index in [4.69, 9.17) is 9.47 Å². The van der Waals surface area contributed by atoms with Crippen LogP contribution >= 0.6 is 0 Å². The van der Waals surface area contributed by atoms with Crippen LogP contribution in [0.2, 0.25) is 0 Å². The SMILES string of the molecule is COCC(O)CCNCC(O)COCCCC(C)C. The number of aliphatic hydroxyl groups excluding tert-OH is 2. The Morgan fingerprint density at radius 2 is 1.79 bits per heavy atom. The highest BCUT2D eigenvalue weighted by Crippen LogP contribution is 2.03. The Hall–Kier alpha value is -0.200. The summed E-state index contributed by atoms with van der Waals surface area (Å²) in [4.78, 5) is 0. The van der Waals surface area contributed by atoms with E-state index in [2.05, 4.69) is 19.2 Å². The molecule has 0 aromatic heterocycles. The molecule has 2 atom stereocenters. The standard InChI is InChI=1S/C14H31NO4/c1-12(2)5-4-8-19-11-14(17)9-15-7-6-13(16)10-18-3/h12-17H,4-11H2,1-3H3. The maximum absolute atomic E-state index is 9.65. The minimum absolute atomic E-state index is 0.350. The first-order valence-electron chi connectivity index (χ1n) is 7.19. The average molecular weight is 277 g/mol. The minimum Gasteiger partial charge on any atom is -0.391 e. The summed E-state index contributed by atoms with van der Waals surface area (Å²) in [5.41, 5.74) is 0. The highest BCUT2D eigenvalue weighted by molar-refractivity contribution is 4.61. The van der Waals surface area contributed by atoms with Crippen molar-refractivity contribution in [2.24, 2.45) is 5.92 Å². The second-order valence-electron chi connectivity index (χ2n) is 5.37. The minimum atomic E-state index is -0.487. The van der Waals surface area contributed by atoms with Crippen molar-refractivity contribution >= 4 is 0 Å². The molecule has 0 rings (SSSR count). The highest BCUT2D eigenvalue weighted by Gasteiger charge is 2.06. The van der Waals surface area contributed by atoms with Gasteiger partial charge in [-0.25, -0.2) is 0 Å². The fourth-order valence-corrected chi connectivity index (χ4v) is 1.69. The molecule has 0 aliphatic heterocycles. The summed E-state index contributed by atoms with van der Waals surface area (Å²) in [6.07, 6.45) is 1.89. The number of hydrogen-bond acceptors (Lipinski definition) is 5. The van der Waals surface area contributed by atoms with E-state index in [-0.39, 0.29) is 0 Å². The molecule has 116 valence electrons. The quantitative estimate of drug-likeness (QED) is 0.434. The largest absolute Gasteiger partial charge is 0.391 e. The van der Waals surface area contributed by atoms with Gasteiger partial charge in [0.2, 0.25) is 0 Å². The summed E-state index contributed by atoms with van der Waals surface area (Å²) in [6, 6.07) is 0. The normalized spacial score (nSPS) is 14.8. The van der Waals surface area contributed by atoms with Gasteiger partial charge in [-0.15, -0.1) is 0 Å². The van der Waals surface area contributed by atoms with E-state index in [0.29, 0.717) is 45.2 Å². The summed E-state index contributed by atoms with van der Waals surface area (Å²) >= 11 is 0. The monoisotopic (exact) mass is 277 g/mol. The number of nitrogens with one attached hydrogen (secondary N) is 1. The van der Waals surface area contributed by atoms with Gasteiger partial charge < -0.3 is 25.0 Å². The van der Waals surface area contributed by atoms with E-state index < -0.39 is 12.2 Å². The van der Waals surface area contributed by atoms with Gasteiger partial charge in [0.05, 0.1) is 25.4 Å². The molecule has 0 aromatic carbocycles. The highest BCUT2D eigenvalue weighted by atomic mass is 16.5. The van der Waals surface area contributed by atoms with Crippen LogP contribution in [0.3, 0.4) is 0 Å². The van der Waals surface area contributed by atoms with E-state index in [0.717, 1.165) is 12.8 Å². The van der Waals surface area contributed by atoms with Crippen LogP contribution in [0.15, 0.2) is 0 Å². The van der Waals surface area contributed by atoms with Crippen molar-refractivity contribution < 1.29 is 19.7 Å². The van der Waals surface area contributed by atoms with Crippen LogP contribution in [0.25, 0.3) is 0 Å². The first kappa shape index (κ1) is 18.8. The molecule has 0 aliphatic carbocycles. The molecule has 0 aliphatic rings. The molecule has 0 bridgehead atoms. The Morgan fingerprint density at radius 3 is 2.42 bits per heavy atom. The molecule has 19 heavy (non-hydrogen) atoms. The Bertz CT molecular complexity index is 190. The van der Waals surface area contributed by atoms with Gasteiger partial charge in [-0.3, -0.25) is 0 Å². The third-order valence-corrected chi connectivity index (χ3v) is 2.77. The molecular formula is C14H31NO4. The lowest BCUT2D eigenvalue weighted by molar-refractivity contribution is 0.0328. The van der Waals surface area contributed by atoms with E-state index in [9.17, 15) is 10.2 Å². The zero-order valence-electron chi connectivity index (χ0n) is 12.6. The number of aliphatic hydroxyl groups is 2. The number of hydrogen-bond donors (Lipinski definition) is 3. The number of ether oxygens (including phenoxy) is 2. The third kappa shape index (κ3) is 14.0. The second-order valence-corrected chi connectivity index (χ2v) is 5.37. The van der Waals surface area contributed by atoms with Crippen LogP contribution < -0.4 is 5.32 Å². The van der Waals surface area contributed by atoms with Gasteiger partial charge in [0.1, 0.15) is 0 Å². The first-order valence-corrected chi connectivity index (χ1v) is 7.19. The molecule has 0 fully saturated rings. The summed E-state index contributed by atoms with van der Waals surface area (Å²) < 4.78 is 10.2. The average Bonchev–Trinajstić information content (AvgIpc) is 2.34. The van der Waals surface area contributed by atoms with Crippen molar-refractivity contribution in [3.63, 3.8) is 0 Å². The Labute approximate surface area is 117 Å². The number of methoxy groups -OCH3 is 1. The Morgan fingerprint density at radius 1 is 1.05 bits per heavy atom. The van der Waals surface area contributed by atoms with Crippen LogP contribution in [0.4, 0.5) is 0 Å². The van der Waals surface area contributed by atoms with Gasteiger partial charge in [0.25, 0.3) is 0 Å². The van der Waals surface area contributed by atoms with Gasteiger partial charge in [-0.05, 0) is 31.7 Å². The van der Waals surface area contributed by atoms with Gasteiger partial charge >= 0.3 is 0 Å². The van der Waals surface area contributed by atoms with Gasteiger partial charge in [0.15, 0.2) is 0 Å². The molecule has 5 heteroatoms. The van der Waals surface area contributed by atoms with Crippen molar-refractivity contribution in [1.82, 2.24) is 5.32 Å². The van der Waals surface area contributed by atoms with Crippen LogP contribution in [0.1, 0.15) is 33.1 Å². The molecule has 3 N–H and O–H groups in total. The first-order chi connectivity index (χ1) is 9.06. The predicted octanol–water partition coefficient (Wildman–Crippen LogP) is 0.787. The third-order valence-electron chi connectivity index (χ3n) is 2.77. The molecule has 0 radical (unpaired) electrons. The lowest BCUT2D eigenvalue weighted by Gasteiger charge is -2.14. The van der Waals surface area contributed by atoms with E-state index in [1.165, 1.54) is 0 Å². The molecule has 2 unspecified atom stereocenters. The zero-order chi connectivity index (χ0) is 14.5. The van der Waals surface area contributed by atoms with Crippen LogP contribution in [0.5, 0.6) is 0 Å². The second kappa shape index (κ2) is 12.8. The number of rotatable bonds is 13. The Balaban J connectivity index is 3.27. The Kier molecular flexibility index (Phi) is 12.7. The van der Waals surface area contributed by atoms with E-state index in [1.807, 2.05) is 0 Å². The van der Waals surface area contributed by atoms with Crippen molar-refractivity contribution in [2.45, 2.75) is 45.3 Å². The van der Waals surface area contributed by atoms with Crippen molar-refractivity contribution in [2.75, 3.05) is 40.0 Å². The topological polar surface area (TPSA) is 71.0 Å². The molecule has 0 spiro atoms. The molecular weight excluding hydrogens is 246 g/mol. The predicted molar refractivity (Wildman–Crippen MR) is 76.3 cm³/mol. The summed E-state index contributed by atoms with van der Waals surface area (Å²) in [5.74, 6) is 0.703. The van der Waals surface area contributed by atoms with Crippen LogP contribution in [-0.2, 0) is 9.47 Å². The lowest BCUT2D eigenvalue weighted by atomic mass is 10.1. The molecule has 0 saturated heterocycles. The fraction of sp³-hybridized carbons (Fsp3) is 1.00. The smallest absolute Gasteiger partial charge is 0.0897 e. The van der Waals surface area contributed by atoms with Crippen molar-refractivity contribution in [3.8, 4) is 0 Å². The van der Waals surface area contributed by atoms with E-state index >= 15 is 0 Å². The van der Waals surface area contributed by atoms with Gasteiger partial charge in [-0.1, -0.05) is 13.8 Å². The van der Waals surface area contributed by atoms with Crippen molar-refractivity contribution in [3.05, 3.63) is 0 Å². The van der Waals surface area contributed by atoms with Crippen molar-refractivity contribution in [1.29, 1.82) is 0 Å². The molecule has 0 aromatic rings. The van der Waals surface area contributed by atoms with Crippen LogP contribution in [-0.4, -0.2) is 62.4 Å². The fourth-order valence-electron chi connectivity index (χ4n) is 1.69. The molecule has 0 saturated carbocycles. The van der Waals surface area contributed by atoms with Gasteiger partial charge in [0, 0.05) is 20.3 Å². The summed E-state index contributed by atoms with van der Waals surface area (Å²) in [6.45, 7) is 6.96. The van der Waals surface area contributed by atoms with Crippen LogP contribution in [0, 0.1) is 5.92 Å². The zero-order valence-corrected chi connectivity index (χ0v) is 12.6. The lowest BCUT2D eigenvalue weighted by Crippen LogP contribution is -2.32. The van der Waals surface area contributed by atoms with E-state index in [1.54, 1.807) is 7.11 Å². The molecule has 0 heterocycles. The van der Waals surface area contributed by atoms with Gasteiger partial charge in [-0.2, -0.15) is 0 Å². The maximum Gasteiger partial charge on any atom is 0.0897 e. The molecule has 5 nitrogen and oxygen atoms in total. The maximum atomic E-state index is 9.65. The summed E-state index contributed by atoms with van der Waals surface area (Å²) in [7, 11) is 1.57. The summed E-state index contributed by atoms with van der Waals surface area (Å²) in [5, 5.41) is 22.1.